The van der Waals surface area contributed by atoms with Gasteiger partial charge in [-0.1, -0.05) is 18.6 Å². The summed E-state index contributed by atoms with van der Waals surface area (Å²) in [6.07, 6.45) is 0. The Balaban J connectivity index is 2.14. The van der Waals surface area contributed by atoms with Gasteiger partial charge in [0.2, 0.25) is 0 Å². The number of nitrogens with two attached hydrogens (primary N) is 1. The molecule has 2 aliphatic rings. The maximum absolute atomic E-state index is 11.0. The van der Waals surface area contributed by atoms with Crippen LogP contribution in [0.15, 0.2) is 0 Å². The lowest BCUT2D eigenvalue weighted by atomic mass is 9.79. The molecular weight excluding hydrogens is 167 g/mol. The molecule has 2 unspecified atom stereocenters. The third-order valence-electron chi connectivity index (χ3n) is 3.30. The quantitative estimate of drug-likeness (QED) is 0.492. The minimum atomic E-state index is -1.05. The van der Waals surface area contributed by atoms with Crippen LogP contribution in [0, 0.1) is 5.92 Å². The minimum Gasteiger partial charge on any atom is -0.480 e. The molecule has 0 spiro atoms. The van der Waals surface area contributed by atoms with Crippen LogP contribution in [-0.2, 0) is 4.79 Å². The topological polar surface area (TPSA) is 75.3 Å². The van der Waals surface area contributed by atoms with Crippen molar-refractivity contribution in [2.45, 2.75) is 24.1 Å². The molecular formula is C8H14BN2O2. The van der Waals surface area contributed by atoms with Crippen molar-refractivity contribution in [2.24, 2.45) is 11.7 Å². The maximum atomic E-state index is 11.0. The van der Waals surface area contributed by atoms with Gasteiger partial charge in [0.05, 0.1) is 0 Å². The molecule has 5 heteroatoms. The van der Waals surface area contributed by atoms with Gasteiger partial charge in [-0.25, -0.2) is 0 Å². The monoisotopic (exact) mass is 181 g/mol. The summed E-state index contributed by atoms with van der Waals surface area (Å²) in [5.74, 6) is 0.123. The first-order valence-corrected chi connectivity index (χ1v) is 4.63. The summed E-state index contributed by atoms with van der Waals surface area (Å²) >= 11 is 0. The number of carboxylic acid groups (broad SMARTS) is 1. The highest BCUT2D eigenvalue weighted by atomic mass is 16.4. The summed E-state index contributed by atoms with van der Waals surface area (Å²) in [4.78, 5) is 11.0. The van der Waals surface area contributed by atoms with Crippen LogP contribution in [0.1, 0.15) is 6.92 Å². The van der Waals surface area contributed by atoms with E-state index in [1.54, 1.807) is 0 Å². The van der Waals surface area contributed by atoms with Crippen LogP contribution in [0.5, 0.6) is 0 Å². The number of hydrogen-bond acceptors (Lipinski definition) is 3. The number of rotatable bonds is 2. The van der Waals surface area contributed by atoms with E-state index in [9.17, 15) is 4.79 Å². The molecule has 4 N–H and O–H groups in total. The average Bonchev–Trinajstić information content (AvgIpc) is 2.60. The van der Waals surface area contributed by atoms with Crippen molar-refractivity contribution in [3.05, 3.63) is 0 Å². The largest absolute Gasteiger partial charge is 0.480 e. The van der Waals surface area contributed by atoms with Crippen molar-refractivity contribution in [1.82, 2.24) is 5.32 Å². The first-order chi connectivity index (χ1) is 6.05. The van der Waals surface area contributed by atoms with E-state index in [-0.39, 0.29) is 5.92 Å². The second kappa shape index (κ2) is 2.72. The Hall–Kier alpha value is -0.545. The fourth-order valence-corrected chi connectivity index (χ4v) is 2.25. The molecule has 0 aromatic heterocycles. The number of carboxylic acids is 1. The molecule has 71 valence electrons. The van der Waals surface area contributed by atoms with Gasteiger partial charge in [-0.15, -0.1) is 0 Å². The van der Waals surface area contributed by atoms with Crippen molar-refractivity contribution in [3.8, 4) is 0 Å². The van der Waals surface area contributed by atoms with Crippen LogP contribution in [0.25, 0.3) is 0 Å². The van der Waals surface area contributed by atoms with Gasteiger partial charge in [-0.3, -0.25) is 4.79 Å². The summed E-state index contributed by atoms with van der Waals surface area (Å²) in [5, 5.41) is 12.1. The molecule has 2 saturated heterocycles. The fourth-order valence-electron chi connectivity index (χ4n) is 2.25. The van der Waals surface area contributed by atoms with Crippen LogP contribution >= 0.6 is 0 Å². The average molecular weight is 181 g/mol. The van der Waals surface area contributed by atoms with Gasteiger partial charge >= 0.3 is 5.97 Å². The van der Waals surface area contributed by atoms with Crippen LogP contribution < -0.4 is 11.1 Å². The van der Waals surface area contributed by atoms with Crippen molar-refractivity contribution in [3.63, 3.8) is 0 Å². The number of carbonyl (C=O) groups is 1. The van der Waals surface area contributed by atoms with Gasteiger partial charge in [0.25, 0.3) is 0 Å². The zero-order chi connectivity index (χ0) is 9.64. The highest BCUT2D eigenvalue weighted by Gasteiger charge is 2.55. The first kappa shape index (κ1) is 9.03. The molecule has 0 aromatic carbocycles. The zero-order valence-electron chi connectivity index (χ0n) is 7.66. The summed E-state index contributed by atoms with van der Waals surface area (Å²) in [6.45, 7) is 3.23. The zero-order valence-corrected chi connectivity index (χ0v) is 7.66. The van der Waals surface area contributed by atoms with E-state index in [2.05, 4.69) is 19.5 Å². The lowest BCUT2D eigenvalue weighted by Gasteiger charge is -2.26. The van der Waals surface area contributed by atoms with Crippen molar-refractivity contribution in [2.75, 3.05) is 13.1 Å². The Morgan fingerprint density at radius 2 is 2.38 bits per heavy atom. The van der Waals surface area contributed by atoms with Gasteiger partial charge in [-0.05, 0) is 5.92 Å². The molecule has 4 nitrogen and oxygen atoms in total. The molecule has 0 aliphatic carbocycles. The van der Waals surface area contributed by atoms with Gasteiger partial charge < -0.3 is 16.2 Å². The smallest absolute Gasteiger partial charge is 0.325 e. The normalized spacial score (nSPS) is 48.6. The van der Waals surface area contributed by atoms with E-state index in [0.717, 1.165) is 6.54 Å². The predicted molar refractivity (Wildman–Crippen MR) is 49.8 cm³/mol. The molecule has 0 amide bonds. The molecule has 2 rings (SSSR count). The third-order valence-corrected chi connectivity index (χ3v) is 3.30. The molecule has 2 heterocycles. The summed E-state index contributed by atoms with van der Waals surface area (Å²) in [7, 11) is 2.17. The van der Waals surface area contributed by atoms with E-state index in [4.69, 9.17) is 10.8 Å². The van der Waals surface area contributed by atoms with E-state index in [1.165, 1.54) is 0 Å². The van der Waals surface area contributed by atoms with Gasteiger partial charge in [0.15, 0.2) is 0 Å². The Kier molecular flexibility index (Phi) is 1.89. The molecule has 0 aromatic rings. The molecule has 0 saturated carbocycles. The highest BCUT2D eigenvalue weighted by molar-refractivity contribution is 6.53. The molecule has 2 aliphatic heterocycles. The molecule has 2 fully saturated rings. The number of aliphatic carboxylic acids is 1. The van der Waals surface area contributed by atoms with Crippen molar-refractivity contribution >= 4 is 13.2 Å². The lowest BCUT2D eigenvalue weighted by Crippen LogP contribution is -2.54. The summed E-state index contributed by atoms with van der Waals surface area (Å²) in [5.41, 5.74) is 4.82. The minimum absolute atomic E-state index is 0.0694. The Morgan fingerprint density at radius 1 is 1.77 bits per heavy atom. The Morgan fingerprint density at radius 3 is 2.85 bits per heavy atom. The Labute approximate surface area is 78.1 Å². The van der Waals surface area contributed by atoms with Crippen LogP contribution in [-0.4, -0.2) is 37.0 Å². The standard InChI is InChI=1S/C8H14BN2O2/c1-4-6(9-4)5-2-11-3-8(5,10)7(12)13/h4-6,11H,2-3,10H2,1H3,(H,12,13)/t4?,5-,6?,8+/m1/s1. The van der Waals surface area contributed by atoms with Gasteiger partial charge in [0, 0.05) is 13.1 Å². The van der Waals surface area contributed by atoms with Gasteiger partial charge in [0.1, 0.15) is 12.8 Å². The van der Waals surface area contributed by atoms with E-state index >= 15 is 0 Å². The molecule has 4 atom stereocenters. The van der Waals surface area contributed by atoms with Crippen LogP contribution in [0.4, 0.5) is 0 Å². The summed E-state index contributed by atoms with van der Waals surface area (Å²) in [6, 6.07) is 0. The number of hydrogen-bond donors (Lipinski definition) is 3. The number of nitrogens with one attached hydrogen (secondary N) is 1. The predicted octanol–water partition coefficient (Wildman–Crippen LogP) is -0.697. The van der Waals surface area contributed by atoms with Crippen molar-refractivity contribution in [1.29, 1.82) is 0 Å². The van der Waals surface area contributed by atoms with Crippen molar-refractivity contribution < 1.29 is 9.90 Å². The van der Waals surface area contributed by atoms with Crippen LogP contribution in [0.2, 0.25) is 11.6 Å². The van der Waals surface area contributed by atoms with E-state index in [0.29, 0.717) is 18.2 Å². The second-order valence-corrected chi connectivity index (χ2v) is 4.21. The fraction of sp³-hybridized carbons (Fsp3) is 0.875. The van der Waals surface area contributed by atoms with Crippen LogP contribution in [0.3, 0.4) is 0 Å². The SMILES string of the molecule is CC1[B]C1[C@H]1CNC[C@@]1(N)C(=O)O. The molecule has 1 radical (unpaired) electrons. The second-order valence-electron chi connectivity index (χ2n) is 4.21. The van der Waals surface area contributed by atoms with E-state index < -0.39 is 11.5 Å². The molecule has 13 heavy (non-hydrogen) atoms. The Bertz CT molecular complexity index is 248. The molecule has 0 bridgehead atoms. The highest BCUT2D eigenvalue weighted by Crippen LogP contribution is 2.50. The van der Waals surface area contributed by atoms with Gasteiger partial charge in [-0.2, -0.15) is 0 Å². The van der Waals surface area contributed by atoms with E-state index in [1.807, 2.05) is 0 Å². The summed E-state index contributed by atoms with van der Waals surface area (Å²) < 4.78 is 0. The lowest BCUT2D eigenvalue weighted by molar-refractivity contribution is -0.144. The maximum Gasteiger partial charge on any atom is 0.325 e. The first-order valence-electron chi connectivity index (χ1n) is 4.63. The third kappa shape index (κ3) is 1.26.